The molecule has 0 aliphatic heterocycles. The first-order valence-electron chi connectivity index (χ1n) is 7.14. The number of hydrogen-bond acceptors (Lipinski definition) is 1. The van der Waals surface area contributed by atoms with Gasteiger partial charge in [0.15, 0.2) is 0 Å². The minimum atomic E-state index is -0.149. The van der Waals surface area contributed by atoms with Crippen LogP contribution < -0.4 is 0 Å². The summed E-state index contributed by atoms with van der Waals surface area (Å²) in [4.78, 5) is 4.39. The minimum Gasteiger partial charge on any atom is -0.256 e. The van der Waals surface area contributed by atoms with Crippen LogP contribution in [0.3, 0.4) is 0 Å². The van der Waals surface area contributed by atoms with Gasteiger partial charge in [0.1, 0.15) is 5.82 Å². The average molecular weight is 312 g/mol. The molecule has 0 saturated heterocycles. The number of fused-ring (bicyclic) bond motifs is 2. The first kappa shape index (κ1) is 14.7. The maximum Gasteiger partial charge on any atom is 0.123 e. The van der Waals surface area contributed by atoms with Crippen molar-refractivity contribution in [1.82, 2.24) is 4.98 Å². The van der Waals surface area contributed by atoms with Gasteiger partial charge in [-0.2, -0.15) is 0 Å². The fourth-order valence-corrected chi connectivity index (χ4v) is 3.07. The molecule has 4 rings (SSSR count). The Morgan fingerprint density at radius 2 is 1.86 bits per heavy atom. The summed E-state index contributed by atoms with van der Waals surface area (Å²) in [5.74, 6) is -0.149. The number of rotatable bonds is 1. The fourth-order valence-electron chi connectivity index (χ4n) is 3.07. The second kappa shape index (κ2) is 5.90. The summed E-state index contributed by atoms with van der Waals surface area (Å²) in [5, 5.41) is 1.16. The van der Waals surface area contributed by atoms with Crippen LogP contribution in [0.25, 0.3) is 22.6 Å². The van der Waals surface area contributed by atoms with Gasteiger partial charge in [-0.15, -0.1) is 12.4 Å². The molecule has 0 atom stereocenters. The van der Waals surface area contributed by atoms with E-state index in [2.05, 4.69) is 17.1 Å². The summed E-state index contributed by atoms with van der Waals surface area (Å²) in [5.41, 5.74) is 5.75. The molecule has 22 heavy (non-hydrogen) atoms. The molecule has 0 radical (unpaired) electrons. The molecule has 1 aliphatic rings. The second-order valence-corrected chi connectivity index (χ2v) is 5.39. The number of aromatic nitrogens is 1. The molecule has 0 N–H and O–H groups in total. The van der Waals surface area contributed by atoms with E-state index in [4.69, 9.17) is 0 Å². The average Bonchev–Trinajstić information content (AvgIpc) is 2.90. The Bertz CT molecular complexity index is 865. The minimum absolute atomic E-state index is 0. The number of hydrogen-bond donors (Lipinski definition) is 0. The van der Waals surface area contributed by atoms with Crippen LogP contribution in [-0.2, 0) is 6.42 Å². The zero-order valence-electron chi connectivity index (χ0n) is 11.9. The summed E-state index contributed by atoms with van der Waals surface area (Å²) in [6.45, 7) is 0. The van der Waals surface area contributed by atoms with E-state index in [9.17, 15) is 4.39 Å². The zero-order chi connectivity index (χ0) is 14.2. The maximum atomic E-state index is 13.3. The topological polar surface area (TPSA) is 12.9 Å². The van der Waals surface area contributed by atoms with Crippen molar-refractivity contribution in [3.63, 3.8) is 0 Å². The molecule has 0 amide bonds. The first-order valence-corrected chi connectivity index (χ1v) is 7.14. The van der Waals surface area contributed by atoms with Crippen LogP contribution in [-0.4, -0.2) is 4.98 Å². The van der Waals surface area contributed by atoms with Gasteiger partial charge < -0.3 is 0 Å². The monoisotopic (exact) mass is 311 g/mol. The molecule has 0 bridgehead atoms. The van der Waals surface area contributed by atoms with E-state index in [0.717, 1.165) is 29.3 Å². The quantitative estimate of drug-likeness (QED) is 0.595. The highest BCUT2D eigenvalue weighted by molar-refractivity contribution is 5.94. The number of allylic oxidation sites excluding steroid dienone is 1. The van der Waals surface area contributed by atoms with Crippen LogP contribution in [0.4, 0.5) is 4.39 Å². The smallest absolute Gasteiger partial charge is 0.123 e. The van der Waals surface area contributed by atoms with Crippen molar-refractivity contribution in [1.29, 1.82) is 0 Å². The second-order valence-electron chi connectivity index (χ2n) is 5.39. The van der Waals surface area contributed by atoms with E-state index in [1.807, 2.05) is 36.5 Å². The van der Waals surface area contributed by atoms with Crippen LogP contribution in [0.1, 0.15) is 23.1 Å². The molecule has 3 aromatic rings. The Labute approximate surface area is 134 Å². The Balaban J connectivity index is 0.00000144. The van der Waals surface area contributed by atoms with Gasteiger partial charge >= 0.3 is 0 Å². The molecule has 110 valence electrons. The maximum absolute atomic E-state index is 13.3. The number of nitrogens with zero attached hydrogens (tertiary/aromatic N) is 1. The molecule has 0 unspecified atom stereocenters. The fraction of sp³-hybridized carbons (Fsp3) is 0.105. The molecular formula is C19H15ClFN. The third-order valence-electron chi connectivity index (χ3n) is 4.09. The number of para-hydroxylation sites is 1. The number of aryl methyl sites for hydroxylation is 1. The summed E-state index contributed by atoms with van der Waals surface area (Å²) in [6, 6.07) is 15.3. The lowest BCUT2D eigenvalue weighted by atomic mass is 10.0. The number of halogens is 2. The highest BCUT2D eigenvalue weighted by atomic mass is 35.5. The van der Waals surface area contributed by atoms with Gasteiger partial charge in [0.25, 0.3) is 0 Å². The van der Waals surface area contributed by atoms with Gasteiger partial charge in [-0.05, 0) is 59.4 Å². The lowest BCUT2D eigenvalue weighted by Crippen LogP contribution is -1.85. The molecule has 1 heterocycles. The number of benzene rings is 2. The Morgan fingerprint density at radius 3 is 2.77 bits per heavy atom. The normalized spacial score (nSPS) is 14.9. The van der Waals surface area contributed by atoms with Crippen LogP contribution in [0.2, 0.25) is 0 Å². The van der Waals surface area contributed by atoms with Crippen molar-refractivity contribution in [2.24, 2.45) is 0 Å². The molecule has 1 aliphatic carbocycles. The van der Waals surface area contributed by atoms with Gasteiger partial charge in [-0.3, -0.25) is 4.98 Å². The van der Waals surface area contributed by atoms with Gasteiger partial charge in [0, 0.05) is 11.6 Å². The van der Waals surface area contributed by atoms with Crippen molar-refractivity contribution >= 4 is 35.0 Å². The van der Waals surface area contributed by atoms with Crippen molar-refractivity contribution in [2.45, 2.75) is 12.8 Å². The third kappa shape index (κ3) is 2.51. The highest BCUT2D eigenvalue weighted by Gasteiger charge is 2.16. The van der Waals surface area contributed by atoms with Crippen molar-refractivity contribution in [2.75, 3.05) is 0 Å². The lowest BCUT2D eigenvalue weighted by Gasteiger charge is -2.04. The Kier molecular flexibility index (Phi) is 3.95. The molecule has 1 aromatic heterocycles. The molecule has 1 nitrogen and oxygen atoms in total. The molecule has 3 heteroatoms. The Morgan fingerprint density at radius 1 is 1.00 bits per heavy atom. The largest absolute Gasteiger partial charge is 0.256 e. The summed E-state index contributed by atoms with van der Waals surface area (Å²) < 4.78 is 13.3. The van der Waals surface area contributed by atoms with E-state index >= 15 is 0 Å². The van der Waals surface area contributed by atoms with Crippen LogP contribution >= 0.6 is 12.4 Å². The van der Waals surface area contributed by atoms with E-state index in [1.165, 1.54) is 16.7 Å². The van der Waals surface area contributed by atoms with Gasteiger partial charge in [-0.1, -0.05) is 30.3 Å². The van der Waals surface area contributed by atoms with Gasteiger partial charge in [0.05, 0.1) is 5.52 Å². The molecular weight excluding hydrogens is 297 g/mol. The van der Waals surface area contributed by atoms with Crippen LogP contribution in [0.15, 0.2) is 54.7 Å². The molecule has 2 aromatic carbocycles. The van der Waals surface area contributed by atoms with E-state index in [0.29, 0.717) is 0 Å². The lowest BCUT2D eigenvalue weighted by molar-refractivity contribution is 0.626. The van der Waals surface area contributed by atoms with Crippen molar-refractivity contribution in [3.8, 4) is 0 Å². The van der Waals surface area contributed by atoms with Gasteiger partial charge in [0.2, 0.25) is 0 Å². The van der Waals surface area contributed by atoms with Crippen molar-refractivity contribution < 1.29 is 4.39 Å². The standard InChI is InChI=1S/C19H14FN.ClH/c20-16-7-8-17-13(5-6-14(17)12-16)11-15-9-10-21-19-4-2-1-3-18(15)19;/h1-4,7-12H,5-6H2;1H. The molecule has 0 spiro atoms. The molecule has 0 fully saturated rings. The zero-order valence-corrected chi connectivity index (χ0v) is 12.7. The summed E-state index contributed by atoms with van der Waals surface area (Å²) in [6.07, 6.45) is 5.94. The van der Waals surface area contributed by atoms with Gasteiger partial charge in [-0.25, -0.2) is 4.39 Å². The highest BCUT2D eigenvalue weighted by Crippen LogP contribution is 2.34. The predicted octanol–water partition coefficient (Wildman–Crippen LogP) is 5.28. The predicted molar refractivity (Wildman–Crippen MR) is 91.6 cm³/mol. The van der Waals surface area contributed by atoms with E-state index < -0.39 is 0 Å². The third-order valence-corrected chi connectivity index (χ3v) is 4.09. The van der Waals surface area contributed by atoms with Crippen LogP contribution in [0.5, 0.6) is 0 Å². The first-order chi connectivity index (χ1) is 10.3. The Hall–Kier alpha value is -2.19. The SMILES string of the molecule is Cl.Fc1ccc2c(c1)CCC2=Cc1ccnc2ccccc12. The van der Waals surface area contributed by atoms with Crippen LogP contribution in [0, 0.1) is 5.82 Å². The van der Waals surface area contributed by atoms with Crippen molar-refractivity contribution in [3.05, 3.63) is 77.2 Å². The van der Waals surface area contributed by atoms with E-state index in [1.54, 1.807) is 12.1 Å². The summed E-state index contributed by atoms with van der Waals surface area (Å²) in [7, 11) is 0. The number of pyridine rings is 1. The van der Waals surface area contributed by atoms with E-state index in [-0.39, 0.29) is 18.2 Å². The molecule has 0 saturated carbocycles. The summed E-state index contributed by atoms with van der Waals surface area (Å²) >= 11 is 0.